The summed E-state index contributed by atoms with van der Waals surface area (Å²) in [5, 5.41) is 81.8. The highest BCUT2D eigenvalue weighted by Crippen LogP contribution is 2.44. The molecule has 16 rings (SSSR count). The number of carbonyl (C=O) groups is 1. The number of anilines is 8. The van der Waals surface area contributed by atoms with Crippen molar-refractivity contribution in [2.75, 3.05) is 21.3 Å². The molecule has 4 fully saturated rings. The highest BCUT2D eigenvalue weighted by Gasteiger charge is 2.30. The zero-order valence-corrected chi connectivity index (χ0v) is 62.1. The van der Waals surface area contributed by atoms with Gasteiger partial charge < -0.3 is 41.3 Å². The van der Waals surface area contributed by atoms with E-state index < -0.39 is 23.9 Å². The quantitative estimate of drug-likeness (QED) is 0.0180. The molecule has 0 bridgehead atoms. The number of thiophene rings is 4. The maximum atomic E-state index is 11.9. The molecule has 12 aromatic rings. The Morgan fingerprint density at radius 3 is 1.32 bits per heavy atom. The average Bonchev–Trinajstić information content (AvgIpc) is 1.75. The molecule has 0 aliphatic heterocycles. The molecule has 0 aromatic carbocycles. The smallest absolute Gasteiger partial charge is 0.413 e. The Kier molecular flexibility index (Phi) is 22.5. The van der Waals surface area contributed by atoms with E-state index in [1.807, 2.05) is 67.6 Å². The summed E-state index contributed by atoms with van der Waals surface area (Å²) in [4.78, 5) is 54.0. The summed E-state index contributed by atoms with van der Waals surface area (Å²) in [7, 11) is 0. The summed E-state index contributed by atoms with van der Waals surface area (Å²) in [6.07, 6.45) is 31.8. The molecule has 12 aromatic heterocycles. The van der Waals surface area contributed by atoms with E-state index in [9.17, 15) is 20.1 Å². The van der Waals surface area contributed by atoms with Crippen LogP contribution in [0.2, 0.25) is 5.02 Å². The number of nitrogens with one attached hydrogen (secondary N) is 10. The second-order valence-corrected chi connectivity index (χ2v) is 31.1. The number of aliphatic hydroxyl groups excluding tert-OH is 3. The minimum Gasteiger partial charge on any atom is -0.444 e. The summed E-state index contributed by atoms with van der Waals surface area (Å²) in [6, 6.07) is 22.8. The number of amides is 1. The monoisotopic (exact) mass is 1520 g/mol. The molecule has 13 N–H and O–H groups in total. The number of carbonyl (C=O) groups excluding carboxylic acids is 1. The molecule has 0 radical (unpaired) electrons. The van der Waals surface area contributed by atoms with Crippen LogP contribution in [0, 0.1) is 42.4 Å². The maximum Gasteiger partial charge on any atom is 0.413 e. The number of hydrogen-bond acceptors (Lipinski definition) is 26. The van der Waals surface area contributed by atoms with Crippen LogP contribution in [-0.2, 0) is 11.3 Å². The summed E-state index contributed by atoms with van der Waals surface area (Å²) in [5.74, 6) is 17.1. The number of rotatable bonds is 21. The molecular formula is C74H83ClN22O5S4. The molecule has 106 heavy (non-hydrogen) atoms. The molecule has 4 aliphatic rings. The average molecular weight is 1520 g/mol. The lowest BCUT2D eigenvalue weighted by atomic mass is 10.2. The van der Waals surface area contributed by atoms with E-state index in [0.717, 1.165) is 56.9 Å². The number of aromatic amines is 4. The van der Waals surface area contributed by atoms with Crippen molar-refractivity contribution in [2.24, 2.45) is 0 Å². The zero-order chi connectivity index (χ0) is 74.2. The normalized spacial score (nSPS) is 14.2. The van der Waals surface area contributed by atoms with Gasteiger partial charge in [-0.1, -0.05) is 36.3 Å². The largest absolute Gasteiger partial charge is 0.444 e. The number of nitrogens with zero attached hydrogens (tertiary/aromatic N) is 12. The van der Waals surface area contributed by atoms with E-state index in [4.69, 9.17) is 41.0 Å². The molecule has 0 saturated heterocycles. The van der Waals surface area contributed by atoms with E-state index in [0.29, 0.717) is 127 Å². The van der Waals surface area contributed by atoms with Crippen molar-refractivity contribution in [3.63, 3.8) is 0 Å². The van der Waals surface area contributed by atoms with Gasteiger partial charge in [0.05, 0.1) is 66.1 Å². The van der Waals surface area contributed by atoms with Crippen molar-refractivity contribution in [1.82, 2.24) is 86.0 Å². The fraction of sp³-hybridized carbons (Fsp3) is 0.297. The number of halogens is 1. The first-order chi connectivity index (χ1) is 51.2. The molecule has 12 heterocycles. The number of amidine groups is 1. The standard InChI is InChI=1S/C20H22ClN7O2S.C19H19N5OS.C18H17N5OS.C17H15N5OS.5H2/c1-20(2,3)30-19(29)25-16(22)13-6-7-14(31-13)18-23-9-11(21)17(26-18)24-15-8-12(27-28-15)10-4-5-10;1-3-11-10-20-19(16-8-7-15(26-16)14(25)4-2)22-18(11)21-17-9-13(23-24-17)12-5-6-12;1-3-11-9-19-18(15-7-6-14(25-15)10(2)24)21-17(11)20-16-8-13(22-23-16)12-4-5-12;1-2-10-8-18-17(14-6-5-12(9-23)24-14)20-16(10)19-15-7-13(21-22-15)11-3-4-11;;;;;/h6-10H,4-5H2,1-3H3,(H2,22,25,29)(H2,23,24,26,27,28);1,7-10,12,14,25H,4-6H2,2H3,(H2,20,21,22,23,24);1,6-10,12,24H,4-5H2,2H3,(H2,19,20,21,22,23);1,5-8,11,23H,3-4,9H2,(H2,18,19,20,21,22);5*1H/t;14-;10-;;;;;;/m.00....../s1. The molecule has 2 atom stereocenters. The minimum atomic E-state index is -0.675. The number of aliphatic hydroxyl groups is 3. The number of aromatic nitrogens is 16. The fourth-order valence-electron chi connectivity index (χ4n) is 10.4. The van der Waals surface area contributed by atoms with Crippen LogP contribution < -0.4 is 26.6 Å². The first-order valence-corrected chi connectivity index (χ1v) is 37.7. The molecule has 4 saturated carbocycles. The van der Waals surface area contributed by atoms with E-state index in [1.54, 1.807) is 58.4 Å². The predicted molar refractivity (Wildman–Crippen MR) is 424 cm³/mol. The van der Waals surface area contributed by atoms with Gasteiger partial charge in [-0.15, -0.1) is 64.6 Å². The second-order valence-electron chi connectivity index (χ2n) is 26.2. The van der Waals surface area contributed by atoms with Gasteiger partial charge in [0.2, 0.25) is 0 Å². The number of terminal acetylenes is 3. The van der Waals surface area contributed by atoms with E-state index in [-0.39, 0.29) is 19.6 Å². The van der Waals surface area contributed by atoms with E-state index in [1.165, 1.54) is 103 Å². The minimum absolute atomic E-state index is 0. The highest BCUT2D eigenvalue weighted by molar-refractivity contribution is 7.17. The third-order valence-corrected chi connectivity index (χ3v) is 21.5. The molecule has 32 heteroatoms. The Bertz CT molecular complexity index is 5280. The third kappa shape index (κ3) is 18.9. The molecule has 27 nitrogen and oxygen atoms in total. The van der Waals surface area contributed by atoms with Crippen molar-refractivity contribution in [1.29, 1.82) is 5.41 Å². The molecule has 550 valence electrons. The van der Waals surface area contributed by atoms with Gasteiger partial charge >= 0.3 is 6.09 Å². The number of ether oxygens (including phenoxy) is 1. The number of hydrogen-bond donors (Lipinski definition) is 13. The van der Waals surface area contributed by atoms with Gasteiger partial charge in [0.25, 0.3) is 0 Å². The summed E-state index contributed by atoms with van der Waals surface area (Å²) in [5.41, 5.74) is 5.61. The Labute approximate surface area is 638 Å². The van der Waals surface area contributed by atoms with Crippen LogP contribution >= 0.6 is 56.9 Å². The molecule has 0 unspecified atom stereocenters. The molecule has 1 amide bonds. The Morgan fingerprint density at radius 2 is 0.943 bits per heavy atom. The van der Waals surface area contributed by atoms with Crippen LogP contribution in [0.3, 0.4) is 0 Å². The van der Waals surface area contributed by atoms with Gasteiger partial charge in [0.1, 0.15) is 16.5 Å². The fourth-order valence-corrected chi connectivity index (χ4v) is 14.1. The topological polar surface area (TPSA) is 389 Å². The van der Waals surface area contributed by atoms with Gasteiger partial charge in [-0.3, -0.25) is 31.1 Å². The Balaban J connectivity index is 0.000000184. The number of alkyl carbamates (subject to hydrolysis) is 1. The second kappa shape index (κ2) is 32.5. The predicted octanol–water partition coefficient (Wildman–Crippen LogP) is 16.9. The van der Waals surface area contributed by atoms with Crippen LogP contribution in [0.4, 0.5) is 51.3 Å². The van der Waals surface area contributed by atoms with Gasteiger partial charge in [-0.25, -0.2) is 44.7 Å². The van der Waals surface area contributed by atoms with Gasteiger partial charge in [0.15, 0.2) is 69.8 Å². The first kappa shape index (κ1) is 73.3. The Morgan fingerprint density at radius 1 is 0.575 bits per heavy atom. The lowest BCUT2D eigenvalue weighted by Crippen LogP contribution is -2.36. The Hall–Kier alpha value is -11.1. The van der Waals surface area contributed by atoms with E-state index >= 15 is 0 Å². The maximum absolute atomic E-state index is 11.9. The lowest BCUT2D eigenvalue weighted by Gasteiger charge is -2.19. The third-order valence-electron chi connectivity index (χ3n) is 16.6. The van der Waals surface area contributed by atoms with E-state index in [2.05, 4.69) is 125 Å². The first-order valence-electron chi connectivity index (χ1n) is 34.0. The van der Waals surface area contributed by atoms with Crippen LogP contribution in [0.5, 0.6) is 0 Å². The van der Waals surface area contributed by atoms with Crippen LogP contribution in [0.15, 0.2) is 97.6 Å². The zero-order valence-electron chi connectivity index (χ0n) is 58.0. The summed E-state index contributed by atoms with van der Waals surface area (Å²) < 4.78 is 5.18. The van der Waals surface area contributed by atoms with Gasteiger partial charge in [0, 0.05) is 111 Å². The molecule has 4 aliphatic carbocycles. The SMILES string of the molecule is C#Cc1cnc(-c2ccc(CO)s2)nc1Nc1cc(C2CC2)[nH]n1.C#Cc1cnc(-c2ccc([C@@H](O)CC)s2)nc1Nc1cc(C2CC2)[nH]n1.C#Cc1cnc(-c2ccc([C@H](C)O)s2)nc1Nc1cc(C2CC2)[nH]n1.CC(C)(C)OC(=O)NC(=N)c1ccc(-c2ncc(Cl)c(Nc3cc(C4CC4)[nH]n3)n2)s1.[HH].[HH].[HH].[HH].[HH]. The van der Waals surface area contributed by atoms with Crippen molar-refractivity contribution >= 4 is 115 Å². The summed E-state index contributed by atoms with van der Waals surface area (Å²) >= 11 is 11.9. The lowest BCUT2D eigenvalue weighted by molar-refractivity contribution is 0.0563. The number of H-pyrrole nitrogens is 4. The molecule has 0 spiro atoms. The van der Waals surface area contributed by atoms with Crippen LogP contribution in [0.1, 0.15) is 194 Å². The van der Waals surface area contributed by atoms with Crippen LogP contribution in [0.25, 0.3) is 42.8 Å². The van der Waals surface area contributed by atoms with Crippen molar-refractivity contribution in [3.8, 4) is 79.8 Å². The van der Waals surface area contributed by atoms with Crippen LogP contribution in [-0.4, -0.2) is 114 Å². The van der Waals surface area contributed by atoms with Gasteiger partial charge in [-0.2, -0.15) is 20.4 Å². The highest BCUT2D eigenvalue weighted by atomic mass is 35.5. The molecular weight excluding hydrogens is 1440 g/mol. The van der Waals surface area contributed by atoms with Crippen molar-refractivity contribution in [2.45, 2.75) is 140 Å². The van der Waals surface area contributed by atoms with Crippen molar-refractivity contribution in [3.05, 3.63) is 162 Å². The summed E-state index contributed by atoms with van der Waals surface area (Å²) in [6.45, 7) is 8.98. The van der Waals surface area contributed by atoms with Crippen molar-refractivity contribution < 1.29 is 32.0 Å². The van der Waals surface area contributed by atoms with Gasteiger partial charge in [-0.05, 0) is 134 Å².